The maximum atomic E-state index is 12.6. The van der Waals surface area contributed by atoms with Crippen molar-refractivity contribution >= 4 is 38.1 Å². The van der Waals surface area contributed by atoms with E-state index in [1.165, 1.54) is 23.5 Å². The minimum atomic E-state index is -3.79. The van der Waals surface area contributed by atoms with Gasteiger partial charge in [-0.25, -0.2) is 13.4 Å². The summed E-state index contributed by atoms with van der Waals surface area (Å²) in [5, 5.41) is 4.83. The van der Waals surface area contributed by atoms with Gasteiger partial charge in [-0.1, -0.05) is 29.8 Å². The number of anilines is 2. The van der Waals surface area contributed by atoms with Crippen molar-refractivity contribution < 1.29 is 13.2 Å². The number of sulfonamides is 1. The van der Waals surface area contributed by atoms with Gasteiger partial charge in [-0.05, 0) is 31.2 Å². The predicted octanol–water partition coefficient (Wildman–Crippen LogP) is 3.50. The zero-order chi connectivity index (χ0) is 17.9. The Kier molecular flexibility index (Phi) is 4.82. The first kappa shape index (κ1) is 17.1. The molecule has 0 fully saturated rings. The number of hydrogen-bond acceptors (Lipinski definition) is 5. The predicted molar refractivity (Wildman–Crippen MR) is 98.5 cm³/mol. The summed E-state index contributed by atoms with van der Waals surface area (Å²) in [6.45, 7) is 1.88. The minimum absolute atomic E-state index is 0.133. The number of carbonyl (C=O) groups is 1. The van der Waals surface area contributed by atoms with Crippen molar-refractivity contribution in [3.63, 3.8) is 0 Å². The van der Waals surface area contributed by atoms with Crippen LogP contribution in [-0.2, 0) is 10.0 Å². The highest BCUT2D eigenvalue weighted by Gasteiger charge is 2.19. The number of benzene rings is 2. The molecule has 0 radical (unpaired) electrons. The van der Waals surface area contributed by atoms with Gasteiger partial charge in [0.1, 0.15) is 0 Å². The summed E-state index contributed by atoms with van der Waals surface area (Å²) in [6.07, 6.45) is 1.58. The fraction of sp³-hybridized carbons (Fsp3) is 0.0588. The quantitative estimate of drug-likeness (QED) is 0.716. The minimum Gasteiger partial charge on any atom is -0.298 e. The summed E-state index contributed by atoms with van der Waals surface area (Å²) in [4.78, 5) is 16.5. The molecule has 1 heterocycles. The standard InChI is InChI=1S/C17H15N3O3S2/c1-12-6-8-13(9-7-12)25(22,23)20-15-5-3-2-4-14(15)16(21)19-17-18-10-11-24-17/h2-11,20H,1H3,(H,18,19,21). The van der Waals surface area contributed by atoms with Crippen molar-refractivity contribution in [3.8, 4) is 0 Å². The van der Waals surface area contributed by atoms with E-state index >= 15 is 0 Å². The smallest absolute Gasteiger partial charge is 0.261 e. The van der Waals surface area contributed by atoms with Crippen LogP contribution in [0.25, 0.3) is 0 Å². The molecule has 0 saturated carbocycles. The average Bonchev–Trinajstić information content (AvgIpc) is 3.08. The molecule has 1 aromatic heterocycles. The largest absolute Gasteiger partial charge is 0.298 e. The number of thiazole rings is 1. The Morgan fingerprint density at radius 2 is 1.80 bits per heavy atom. The average molecular weight is 373 g/mol. The SMILES string of the molecule is Cc1ccc(S(=O)(=O)Nc2ccccc2C(=O)Nc2nccs2)cc1. The molecule has 25 heavy (non-hydrogen) atoms. The molecular weight excluding hydrogens is 358 g/mol. The summed E-state index contributed by atoms with van der Waals surface area (Å²) in [7, 11) is -3.79. The molecule has 3 aromatic rings. The molecule has 128 valence electrons. The lowest BCUT2D eigenvalue weighted by Gasteiger charge is -2.12. The second-order valence-electron chi connectivity index (χ2n) is 5.26. The topological polar surface area (TPSA) is 88.2 Å². The Balaban J connectivity index is 1.88. The van der Waals surface area contributed by atoms with Crippen LogP contribution < -0.4 is 10.0 Å². The van der Waals surface area contributed by atoms with Gasteiger partial charge in [0, 0.05) is 11.6 Å². The summed E-state index contributed by atoms with van der Waals surface area (Å²) < 4.78 is 27.6. The number of aryl methyl sites for hydroxylation is 1. The highest BCUT2D eigenvalue weighted by Crippen LogP contribution is 2.22. The second-order valence-corrected chi connectivity index (χ2v) is 7.83. The van der Waals surface area contributed by atoms with Crippen LogP contribution in [0.5, 0.6) is 0 Å². The highest BCUT2D eigenvalue weighted by molar-refractivity contribution is 7.92. The summed E-state index contributed by atoms with van der Waals surface area (Å²) in [6, 6.07) is 12.9. The van der Waals surface area contributed by atoms with Gasteiger partial charge in [0.2, 0.25) is 0 Å². The molecular formula is C17H15N3O3S2. The lowest BCUT2D eigenvalue weighted by Crippen LogP contribution is -2.18. The van der Waals surface area contributed by atoms with E-state index in [9.17, 15) is 13.2 Å². The van der Waals surface area contributed by atoms with Gasteiger partial charge in [-0.2, -0.15) is 0 Å². The summed E-state index contributed by atoms with van der Waals surface area (Å²) in [5.74, 6) is -0.433. The van der Waals surface area contributed by atoms with Crippen molar-refractivity contribution in [1.29, 1.82) is 0 Å². The van der Waals surface area contributed by atoms with Crippen LogP contribution in [0.4, 0.5) is 10.8 Å². The van der Waals surface area contributed by atoms with Gasteiger partial charge in [0.05, 0.1) is 16.1 Å². The monoisotopic (exact) mass is 373 g/mol. The molecule has 0 spiro atoms. The Morgan fingerprint density at radius 3 is 2.48 bits per heavy atom. The Hall–Kier alpha value is -2.71. The third-order valence-electron chi connectivity index (χ3n) is 3.40. The zero-order valence-corrected chi connectivity index (χ0v) is 14.9. The number of carbonyl (C=O) groups excluding carboxylic acids is 1. The third-order valence-corrected chi connectivity index (χ3v) is 5.47. The van der Waals surface area contributed by atoms with Gasteiger partial charge in [0.15, 0.2) is 5.13 Å². The van der Waals surface area contributed by atoms with Gasteiger partial charge in [-0.15, -0.1) is 11.3 Å². The Labute approximate surface area is 149 Å². The van der Waals surface area contributed by atoms with E-state index in [1.807, 2.05) is 6.92 Å². The lowest BCUT2D eigenvalue weighted by atomic mass is 10.2. The summed E-state index contributed by atoms with van der Waals surface area (Å²) >= 11 is 1.28. The molecule has 6 nitrogen and oxygen atoms in total. The van der Waals surface area contributed by atoms with E-state index in [0.717, 1.165) is 5.56 Å². The Bertz CT molecular complexity index is 982. The number of rotatable bonds is 5. The maximum absolute atomic E-state index is 12.6. The van der Waals surface area contributed by atoms with Crippen molar-refractivity contribution in [2.45, 2.75) is 11.8 Å². The zero-order valence-electron chi connectivity index (χ0n) is 13.3. The van der Waals surface area contributed by atoms with Crippen LogP contribution in [0.3, 0.4) is 0 Å². The van der Waals surface area contributed by atoms with E-state index in [0.29, 0.717) is 5.13 Å². The van der Waals surface area contributed by atoms with Crippen molar-refractivity contribution in [2.24, 2.45) is 0 Å². The van der Waals surface area contributed by atoms with Crippen LogP contribution in [0, 0.1) is 6.92 Å². The molecule has 8 heteroatoms. The molecule has 0 unspecified atom stereocenters. The van der Waals surface area contributed by atoms with Gasteiger partial charge < -0.3 is 0 Å². The van der Waals surface area contributed by atoms with E-state index in [2.05, 4.69) is 15.0 Å². The molecule has 0 aliphatic heterocycles. The van der Waals surface area contributed by atoms with Crippen LogP contribution in [-0.4, -0.2) is 19.3 Å². The van der Waals surface area contributed by atoms with Crippen molar-refractivity contribution in [2.75, 3.05) is 10.0 Å². The van der Waals surface area contributed by atoms with Crippen LogP contribution in [0.15, 0.2) is 65.0 Å². The third kappa shape index (κ3) is 4.04. The normalized spacial score (nSPS) is 11.1. The molecule has 3 rings (SSSR count). The molecule has 0 bridgehead atoms. The molecule has 1 amide bonds. The molecule has 0 saturated heterocycles. The number of para-hydroxylation sites is 1. The fourth-order valence-electron chi connectivity index (χ4n) is 2.14. The number of hydrogen-bond donors (Lipinski definition) is 2. The van der Waals surface area contributed by atoms with Gasteiger partial charge >= 0.3 is 0 Å². The highest BCUT2D eigenvalue weighted by atomic mass is 32.2. The maximum Gasteiger partial charge on any atom is 0.261 e. The molecule has 0 aliphatic rings. The Morgan fingerprint density at radius 1 is 1.08 bits per heavy atom. The summed E-state index contributed by atoms with van der Waals surface area (Å²) in [5.41, 5.74) is 1.38. The number of nitrogens with zero attached hydrogens (tertiary/aromatic N) is 1. The number of aromatic nitrogens is 1. The van der Waals surface area contributed by atoms with Crippen LogP contribution in [0.2, 0.25) is 0 Å². The molecule has 2 N–H and O–H groups in total. The fourth-order valence-corrected chi connectivity index (χ4v) is 3.74. The van der Waals surface area contributed by atoms with Crippen LogP contribution in [0.1, 0.15) is 15.9 Å². The molecule has 2 aromatic carbocycles. The van der Waals surface area contributed by atoms with Crippen LogP contribution >= 0.6 is 11.3 Å². The van der Waals surface area contributed by atoms with E-state index in [-0.39, 0.29) is 16.1 Å². The van der Waals surface area contributed by atoms with E-state index in [1.54, 1.807) is 48.0 Å². The second kappa shape index (κ2) is 7.04. The van der Waals surface area contributed by atoms with E-state index < -0.39 is 15.9 Å². The van der Waals surface area contributed by atoms with Gasteiger partial charge in [-0.3, -0.25) is 14.8 Å². The first-order valence-electron chi connectivity index (χ1n) is 7.35. The lowest BCUT2D eigenvalue weighted by molar-refractivity contribution is 0.102. The number of amides is 1. The first-order valence-corrected chi connectivity index (χ1v) is 9.71. The molecule has 0 atom stereocenters. The van der Waals surface area contributed by atoms with Crippen molar-refractivity contribution in [1.82, 2.24) is 4.98 Å². The van der Waals surface area contributed by atoms with E-state index in [4.69, 9.17) is 0 Å². The molecule has 0 aliphatic carbocycles. The first-order chi connectivity index (χ1) is 12.0. The van der Waals surface area contributed by atoms with Crippen molar-refractivity contribution in [3.05, 3.63) is 71.2 Å². The number of nitrogens with one attached hydrogen (secondary N) is 2. The van der Waals surface area contributed by atoms with Gasteiger partial charge in [0.25, 0.3) is 15.9 Å².